The summed E-state index contributed by atoms with van der Waals surface area (Å²) in [6.45, 7) is 0.222. The van der Waals surface area contributed by atoms with Crippen LogP contribution in [-0.2, 0) is 31.2 Å². The van der Waals surface area contributed by atoms with Crippen LogP contribution in [0.5, 0.6) is 17.2 Å². The molecule has 5 aromatic rings. The molecule has 13 nitrogen and oxygen atoms in total. The summed E-state index contributed by atoms with van der Waals surface area (Å²) in [4.78, 5) is 71.4. The van der Waals surface area contributed by atoms with Gasteiger partial charge in [-0.1, -0.05) is 83.4 Å². The van der Waals surface area contributed by atoms with Crippen molar-refractivity contribution in [1.29, 1.82) is 0 Å². The van der Waals surface area contributed by atoms with E-state index in [1.165, 1.54) is 43.5 Å². The fourth-order valence-electron chi connectivity index (χ4n) is 9.76. The first-order valence-corrected chi connectivity index (χ1v) is 20.2. The third-order valence-electron chi connectivity index (χ3n) is 12.5. The Morgan fingerprint density at radius 1 is 0.852 bits per heavy atom. The maximum atomic E-state index is 15.6. The minimum absolute atomic E-state index is 0.0151. The lowest BCUT2D eigenvalue weighted by Gasteiger charge is -2.50. The Hall–Kier alpha value is -6.70. The van der Waals surface area contributed by atoms with Gasteiger partial charge in [-0.2, -0.15) is 5.01 Å². The van der Waals surface area contributed by atoms with E-state index in [1.807, 2.05) is 36.4 Å². The number of rotatable bonds is 10. The predicted molar refractivity (Wildman–Crippen MR) is 225 cm³/mol. The number of phenolic OH excluding ortho intramolecular Hbond substituents is 1. The van der Waals surface area contributed by atoms with Gasteiger partial charge in [0, 0.05) is 34.7 Å². The Labute approximate surface area is 359 Å². The topological polar surface area (TPSA) is 169 Å². The molecule has 6 unspecified atom stereocenters. The van der Waals surface area contributed by atoms with Crippen molar-refractivity contribution in [2.75, 3.05) is 17.4 Å². The van der Waals surface area contributed by atoms with Crippen LogP contribution in [0.1, 0.15) is 35.4 Å². The van der Waals surface area contributed by atoms with E-state index in [9.17, 15) is 24.8 Å². The predicted octanol–water partition coefficient (Wildman–Crippen LogP) is 8.38. The number of halogens is 2. The number of nitro groups is 1. The molecule has 4 aliphatic rings. The van der Waals surface area contributed by atoms with Crippen LogP contribution in [0, 0.1) is 33.8 Å². The van der Waals surface area contributed by atoms with Gasteiger partial charge in [0.05, 0.1) is 51.6 Å². The number of hydrogen-bond donors (Lipinski definition) is 2. The minimum atomic E-state index is -1.71. The van der Waals surface area contributed by atoms with Crippen molar-refractivity contribution in [3.8, 4) is 17.2 Å². The van der Waals surface area contributed by atoms with Gasteiger partial charge in [0.15, 0.2) is 0 Å². The van der Waals surface area contributed by atoms with E-state index in [4.69, 9.17) is 32.7 Å². The third kappa shape index (κ3) is 6.46. The van der Waals surface area contributed by atoms with Gasteiger partial charge < -0.3 is 14.6 Å². The smallest absolute Gasteiger partial charge is 0.269 e. The Morgan fingerprint density at radius 3 is 2.25 bits per heavy atom. The number of nitrogens with zero attached hydrogens (tertiary/aromatic N) is 3. The van der Waals surface area contributed by atoms with Crippen molar-refractivity contribution in [2.45, 2.75) is 30.8 Å². The molecule has 3 fully saturated rings. The van der Waals surface area contributed by atoms with Crippen LogP contribution in [0.25, 0.3) is 0 Å². The zero-order chi connectivity index (χ0) is 42.7. The standard InChI is InChI=1S/C46H36Cl2N4O9/c1-60-30-14-7-26(8-15-30)46-36(43(55)51(45(46)57)49-38-20-9-27(47)21-37(38)48)23-35-32(41(46)33-17-16-31(22-39(33)53)61-24-25-5-3-2-4-6-25)18-19-34-40(35)44(56)50(42(34)54)28-10-12-29(13-11-28)52(58)59/h2-18,20-22,34-36,40-41,49,53H,19,23-24H2,1H3. The van der Waals surface area contributed by atoms with Gasteiger partial charge >= 0.3 is 0 Å². The molecule has 5 aromatic carbocycles. The second-order valence-electron chi connectivity index (χ2n) is 15.5. The third-order valence-corrected chi connectivity index (χ3v) is 13.0. The second-order valence-corrected chi connectivity index (χ2v) is 16.3. The van der Waals surface area contributed by atoms with Gasteiger partial charge in [-0.3, -0.25) is 39.6 Å². The van der Waals surface area contributed by atoms with E-state index < -0.39 is 63.6 Å². The molecular weight excluding hydrogens is 823 g/mol. The van der Waals surface area contributed by atoms with Gasteiger partial charge in [0.25, 0.3) is 17.5 Å². The quantitative estimate of drug-likeness (QED) is 0.0602. The van der Waals surface area contributed by atoms with Crippen LogP contribution >= 0.6 is 23.2 Å². The molecule has 0 bridgehead atoms. The number of methoxy groups -OCH3 is 1. The van der Waals surface area contributed by atoms with Crippen molar-refractivity contribution in [3.63, 3.8) is 0 Å². The molecule has 2 aliphatic carbocycles. The summed E-state index contributed by atoms with van der Waals surface area (Å²) in [5.74, 6) is -6.28. The molecule has 1 saturated carbocycles. The summed E-state index contributed by atoms with van der Waals surface area (Å²) in [6.07, 6.45) is 1.97. The number of anilines is 2. The Balaban J connectivity index is 1.20. The molecule has 2 saturated heterocycles. The van der Waals surface area contributed by atoms with Crippen molar-refractivity contribution in [2.24, 2.45) is 23.7 Å². The number of nitrogens with one attached hydrogen (secondary N) is 1. The number of ether oxygens (including phenoxy) is 2. The number of phenols is 1. The Morgan fingerprint density at radius 2 is 1.57 bits per heavy atom. The number of amides is 4. The maximum absolute atomic E-state index is 15.6. The number of benzene rings is 5. The highest BCUT2D eigenvalue weighted by atomic mass is 35.5. The number of hydrogen-bond acceptors (Lipinski definition) is 10. The summed E-state index contributed by atoms with van der Waals surface area (Å²) in [5.41, 5.74) is 3.76. The maximum Gasteiger partial charge on any atom is 0.269 e. The first kappa shape index (κ1) is 39.7. The molecule has 0 radical (unpaired) electrons. The lowest BCUT2D eigenvalue weighted by atomic mass is 9.49. The van der Waals surface area contributed by atoms with E-state index in [-0.39, 0.29) is 47.3 Å². The zero-order valence-corrected chi connectivity index (χ0v) is 33.9. The second kappa shape index (κ2) is 15.4. The van der Waals surface area contributed by atoms with Gasteiger partial charge in [0.1, 0.15) is 23.9 Å². The van der Waals surface area contributed by atoms with Crippen LogP contribution in [-0.4, -0.2) is 45.8 Å². The monoisotopic (exact) mass is 858 g/mol. The molecule has 15 heteroatoms. The summed E-state index contributed by atoms with van der Waals surface area (Å²) in [5, 5.41) is 24.9. The van der Waals surface area contributed by atoms with Crippen molar-refractivity contribution < 1.29 is 38.7 Å². The summed E-state index contributed by atoms with van der Waals surface area (Å²) < 4.78 is 11.5. The number of non-ortho nitro benzene ring substituents is 1. The number of carbonyl (C=O) groups is 4. The van der Waals surface area contributed by atoms with E-state index in [1.54, 1.807) is 48.5 Å². The van der Waals surface area contributed by atoms with Crippen molar-refractivity contribution in [3.05, 3.63) is 164 Å². The molecule has 0 aromatic heterocycles. The molecule has 2 aliphatic heterocycles. The first-order chi connectivity index (χ1) is 29.4. The van der Waals surface area contributed by atoms with E-state index in [0.29, 0.717) is 33.2 Å². The number of allylic oxidation sites excluding steroid dienone is 2. The summed E-state index contributed by atoms with van der Waals surface area (Å²) >= 11 is 12.8. The number of hydrazine groups is 1. The molecular formula is C46H36Cl2N4O9. The fraction of sp³-hybridized carbons (Fsp3) is 0.217. The van der Waals surface area contributed by atoms with Gasteiger partial charge in [-0.05, 0) is 78.4 Å². The molecule has 2 N–H and O–H groups in total. The van der Waals surface area contributed by atoms with Crippen molar-refractivity contribution >= 4 is 63.9 Å². The summed E-state index contributed by atoms with van der Waals surface area (Å²) in [7, 11) is 1.51. The number of fused-ring (bicyclic) bond motifs is 4. The van der Waals surface area contributed by atoms with Gasteiger partial charge in [-0.15, -0.1) is 0 Å². The van der Waals surface area contributed by atoms with Crippen LogP contribution in [0.2, 0.25) is 10.0 Å². The average Bonchev–Trinajstić information content (AvgIpc) is 3.64. The molecule has 6 atom stereocenters. The number of carbonyl (C=O) groups excluding carboxylic acids is 4. The van der Waals surface area contributed by atoms with Crippen LogP contribution in [0.15, 0.2) is 127 Å². The van der Waals surface area contributed by atoms with Crippen LogP contribution < -0.4 is 19.8 Å². The first-order valence-electron chi connectivity index (χ1n) is 19.5. The molecule has 0 spiro atoms. The lowest BCUT2D eigenvalue weighted by Crippen LogP contribution is -2.53. The lowest BCUT2D eigenvalue weighted by molar-refractivity contribution is -0.384. The number of aromatic hydroxyl groups is 1. The van der Waals surface area contributed by atoms with Crippen molar-refractivity contribution in [1.82, 2.24) is 5.01 Å². The highest BCUT2D eigenvalue weighted by Gasteiger charge is 2.70. The van der Waals surface area contributed by atoms with Gasteiger partial charge in [-0.25, -0.2) is 0 Å². The summed E-state index contributed by atoms with van der Waals surface area (Å²) in [6, 6.07) is 31.0. The molecule has 61 heavy (non-hydrogen) atoms. The fourth-order valence-corrected chi connectivity index (χ4v) is 10.2. The molecule has 4 amide bonds. The zero-order valence-electron chi connectivity index (χ0n) is 32.4. The average molecular weight is 860 g/mol. The SMILES string of the molecule is COc1ccc(C23C(=O)N(Nc4ccc(Cl)cc4Cl)C(=O)C2CC2C(=CCC4C(=O)N(c5ccc([N+](=O)[O-])cc5)C(=O)C42)C3c2ccc(OCc3ccccc3)cc2O)cc1. The van der Waals surface area contributed by atoms with E-state index in [0.717, 1.165) is 15.5 Å². The molecule has 308 valence electrons. The van der Waals surface area contributed by atoms with Gasteiger partial charge in [0.2, 0.25) is 11.8 Å². The Kier molecular flexibility index (Phi) is 10.0. The highest BCUT2D eigenvalue weighted by molar-refractivity contribution is 6.36. The Bertz CT molecular complexity index is 2660. The highest BCUT2D eigenvalue weighted by Crippen LogP contribution is 2.65. The minimum Gasteiger partial charge on any atom is -0.508 e. The number of imide groups is 2. The van der Waals surface area contributed by atoms with Crippen LogP contribution in [0.4, 0.5) is 17.1 Å². The normalized spacial score (nSPS) is 24.2. The number of nitro benzene ring substituents is 1. The largest absolute Gasteiger partial charge is 0.508 e. The van der Waals surface area contributed by atoms with Crippen LogP contribution in [0.3, 0.4) is 0 Å². The molecule has 2 heterocycles. The van der Waals surface area contributed by atoms with E-state index in [2.05, 4.69) is 5.43 Å². The molecule has 9 rings (SSSR count). The van der Waals surface area contributed by atoms with E-state index >= 15 is 9.59 Å².